The maximum atomic E-state index is 12.4. The lowest BCUT2D eigenvalue weighted by Crippen LogP contribution is -2.15. The first-order chi connectivity index (χ1) is 9.45. The number of hydrogen-bond donors (Lipinski definition) is 2. The van der Waals surface area contributed by atoms with E-state index in [2.05, 4.69) is 9.71 Å². The molecule has 0 atom stereocenters. The molecule has 106 valence electrons. The lowest BCUT2D eigenvalue weighted by Gasteiger charge is -2.13. The van der Waals surface area contributed by atoms with Crippen LogP contribution in [0, 0.1) is 13.8 Å². The third-order valence-electron chi connectivity index (χ3n) is 3.14. The molecule has 1 aromatic carbocycles. The molecular weight excluding hydrogens is 276 g/mol. The first-order valence-electron chi connectivity index (χ1n) is 6.08. The van der Waals surface area contributed by atoms with Crippen LogP contribution in [-0.2, 0) is 16.6 Å². The summed E-state index contributed by atoms with van der Waals surface area (Å²) >= 11 is 0. The van der Waals surface area contributed by atoms with Crippen LogP contribution in [0.5, 0.6) is 0 Å². The van der Waals surface area contributed by atoms with Gasteiger partial charge in [-0.1, -0.05) is 12.1 Å². The van der Waals surface area contributed by atoms with Gasteiger partial charge >= 0.3 is 0 Å². The van der Waals surface area contributed by atoms with Crippen LogP contribution in [0.4, 0.5) is 5.69 Å². The van der Waals surface area contributed by atoms with Crippen molar-refractivity contribution in [1.82, 2.24) is 4.98 Å². The van der Waals surface area contributed by atoms with Gasteiger partial charge in [0.1, 0.15) is 0 Å². The fourth-order valence-corrected chi connectivity index (χ4v) is 3.30. The maximum Gasteiger partial charge on any atom is 0.262 e. The average molecular weight is 292 g/mol. The third-order valence-corrected chi connectivity index (χ3v) is 4.65. The average Bonchev–Trinajstić information content (AvgIpc) is 2.41. The summed E-state index contributed by atoms with van der Waals surface area (Å²) in [4.78, 5) is 4.07. The molecule has 0 saturated heterocycles. The molecule has 1 aromatic heterocycles. The molecule has 0 saturated carbocycles. The number of sulfonamides is 1. The van der Waals surface area contributed by atoms with E-state index in [9.17, 15) is 13.5 Å². The first kappa shape index (κ1) is 14.5. The summed E-state index contributed by atoms with van der Waals surface area (Å²) in [5.74, 6) is 0. The van der Waals surface area contributed by atoms with Gasteiger partial charge in [0.05, 0.1) is 23.4 Å². The second kappa shape index (κ2) is 5.60. The van der Waals surface area contributed by atoms with Crippen LogP contribution in [0.3, 0.4) is 0 Å². The summed E-state index contributed by atoms with van der Waals surface area (Å²) in [6.07, 6.45) is 3.07. The van der Waals surface area contributed by atoms with Gasteiger partial charge in [-0.05, 0) is 42.7 Å². The number of hydrogen-bond acceptors (Lipinski definition) is 4. The molecule has 0 bridgehead atoms. The van der Waals surface area contributed by atoms with E-state index in [1.165, 1.54) is 12.3 Å². The largest absolute Gasteiger partial charge is 0.392 e. The second-order valence-corrected chi connectivity index (χ2v) is 6.15. The van der Waals surface area contributed by atoms with E-state index in [1.54, 1.807) is 38.2 Å². The van der Waals surface area contributed by atoms with Crippen molar-refractivity contribution in [2.75, 3.05) is 4.72 Å². The summed E-state index contributed by atoms with van der Waals surface area (Å²) in [5.41, 5.74) is 2.38. The summed E-state index contributed by atoms with van der Waals surface area (Å²) in [6.45, 7) is 3.29. The van der Waals surface area contributed by atoms with Crippen LogP contribution in [0.1, 0.15) is 16.7 Å². The number of aromatic nitrogens is 1. The Balaban J connectivity index is 2.44. The number of nitrogens with one attached hydrogen (secondary N) is 1. The molecule has 0 fully saturated rings. The molecule has 0 aliphatic rings. The molecule has 0 amide bonds. The molecule has 2 rings (SSSR count). The maximum absolute atomic E-state index is 12.4. The lowest BCUT2D eigenvalue weighted by atomic mass is 10.1. The minimum absolute atomic E-state index is 0.160. The normalized spacial score (nSPS) is 11.3. The second-order valence-electron chi connectivity index (χ2n) is 4.49. The van der Waals surface area contributed by atoms with Crippen molar-refractivity contribution in [2.45, 2.75) is 25.3 Å². The SMILES string of the molecule is Cc1ccncc1NS(=O)(=O)c1cccc(CO)c1C. The summed E-state index contributed by atoms with van der Waals surface area (Å²) in [7, 11) is -3.70. The van der Waals surface area contributed by atoms with Gasteiger partial charge in [-0.2, -0.15) is 0 Å². The Bertz CT molecular complexity index is 727. The lowest BCUT2D eigenvalue weighted by molar-refractivity contribution is 0.280. The number of nitrogens with zero attached hydrogens (tertiary/aromatic N) is 1. The van der Waals surface area contributed by atoms with Crippen molar-refractivity contribution in [3.05, 3.63) is 53.3 Å². The van der Waals surface area contributed by atoms with E-state index in [-0.39, 0.29) is 11.5 Å². The van der Waals surface area contributed by atoms with Crippen molar-refractivity contribution in [2.24, 2.45) is 0 Å². The molecule has 1 heterocycles. The fraction of sp³-hybridized carbons (Fsp3) is 0.214. The van der Waals surface area contributed by atoms with E-state index < -0.39 is 10.0 Å². The zero-order valence-corrected chi connectivity index (χ0v) is 12.1. The molecule has 0 aliphatic heterocycles. The molecule has 0 unspecified atom stereocenters. The van der Waals surface area contributed by atoms with Crippen LogP contribution in [0.15, 0.2) is 41.6 Å². The summed E-state index contributed by atoms with van der Waals surface area (Å²) in [6, 6.07) is 6.56. The minimum atomic E-state index is -3.70. The molecule has 5 nitrogen and oxygen atoms in total. The predicted molar refractivity (Wildman–Crippen MR) is 76.9 cm³/mol. The number of anilines is 1. The Labute approximate surface area is 118 Å². The Kier molecular flexibility index (Phi) is 4.06. The minimum Gasteiger partial charge on any atom is -0.392 e. The van der Waals surface area contributed by atoms with Crippen LogP contribution in [0.2, 0.25) is 0 Å². The Hall–Kier alpha value is -1.92. The van der Waals surface area contributed by atoms with Gasteiger partial charge < -0.3 is 5.11 Å². The molecule has 0 radical (unpaired) electrons. The molecular formula is C14H16N2O3S. The number of aliphatic hydroxyl groups is 1. The zero-order valence-electron chi connectivity index (χ0n) is 11.3. The number of rotatable bonds is 4. The molecule has 2 aromatic rings. The highest BCUT2D eigenvalue weighted by molar-refractivity contribution is 7.92. The van der Waals surface area contributed by atoms with Crippen molar-refractivity contribution in [3.8, 4) is 0 Å². The van der Waals surface area contributed by atoms with E-state index in [0.717, 1.165) is 5.56 Å². The Morgan fingerprint density at radius 3 is 2.65 bits per heavy atom. The summed E-state index contributed by atoms with van der Waals surface area (Å²) in [5, 5.41) is 9.22. The predicted octanol–water partition coefficient (Wildman–Crippen LogP) is 1.99. The topological polar surface area (TPSA) is 79.3 Å². The molecule has 2 N–H and O–H groups in total. The number of aliphatic hydroxyl groups excluding tert-OH is 1. The van der Waals surface area contributed by atoms with E-state index >= 15 is 0 Å². The van der Waals surface area contributed by atoms with Crippen molar-refractivity contribution in [1.29, 1.82) is 0 Å². The molecule has 0 aliphatic carbocycles. The van der Waals surface area contributed by atoms with E-state index in [0.29, 0.717) is 16.8 Å². The number of aryl methyl sites for hydroxylation is 1. The number of benzene rings is 1. The van der Waals surface area contributed by atoms with Crippen LogP contribution in [-0.4, -0.2) is 18.5 Å². The van der Waals surface area contributed by atoms with Crippen molar-refractivity contribution >= 4 is 15.7 Å². The standard InChI is InChI=1S/C14H16N2O3S/c1-10-6-7-15-8-13(10)16-20(18,19)14-5-3-4-12(9-17)11(14)2/h3-8,16-17H,9H2,1-2H3. The van der Waals surface area contributed by atoms with Gasteiger partial charge in [-0.3, -0.25) is 9.71 Å². The van der Waals surface area contributed by atoms with Crippen LogP contribution < -0.4 is 4.72 Å². The number of pyridine rings is 1. The van der Waals surface area contributed by atoms with Gasteiger partial charge in [-0.25, -0.2) is 8.42 Å². The van der Waals surface area contributed by atoms with Crippen LogP contribution >= 0.6 is 0 Å². The van der Waals surface area contributed by atoms with E-state index in [1.807, 2.05) is 0 Å². The smallest absolute Gasteiger partial charge is 0.262 e. The highest BCUT2D eigenvalue weighted by atomic mass is 32.2. The fourth-order valence-electron chi connectivity index (χ4n) is 1.89. The van der Waals surface area contributed by atoms with Gasteiger partial charge in [0.25, 0.3) is 10.0 Å². The molecule has 20 heavy (non-hydrogen) atoms. The summed E-state index contributed by atoms with van der Waals surface area (Å²) < 4.78 is 27.4. The van der Waals surface area contributed by atoms with Crippen LogP contribution in [0.25, 0.3) is 0 Å². The van der Waals surface area contributed by atoms with E-state index in [4.69, 9.17) is 0 Å². The van der Waals surface area contributed by atoms with Crippen molar-refractivity contribution < 1.29 is 13.5 Å². The Morgan fingerprint density at radius 2 is 2.00 bits per heavy atom. The van der Waals surface area contributed by atoms with Gasteiger partial charge in [-0.15, -0.1) is 0 Å². The zero-order chi connectivity index (χ0) is 14.8. The monoisotopic (exact) mass is 292 g/mol. The van der Waals surface area contributed by atoms with Gasteiger partial charge in [0.15, 0.2) is 0 Å². The van der Waals surface area contributed by atoms with Gasteiger partial charge in [0.2, 0.25) is 0 Å². The van der Waals surface area contributed by atoms with Crippen molar-refractivity contribution in [3.63, 3.8) is 0 Å². The molecule has 0 spiro atoms. The molecule has 6 heteroatoms. The van der Waals surface area contributed by atoms with Gasteiger partial charge in [0, 0.05) is 6.20 Å². The highest BCUT2D eigenvalue weighted by Crippen LogP contribution is 2.23. The Morgan fingerprint density at radius 1 is 1.25 bits per heavy atom. The quantitative estimate of drug-likeness (QED) is 0.903. The third kappa shape index (κ3) is 2.81. The highest BCUT2D eigenvalue weighted by Gasteiger charge is 2.19. The first-order valence-corrected chi connectivity index (χ1v) is 7.57.